The molecule has 0 radical (unpaired) electrons. The van der Waals surface area contributed by atoms with Crippen molar-refractivity contribution >= 4 is 5.69 Å². The summed E-state index contributed by atoms with van der Waals surface area (Å²) < 4.78 is 17.2. The van der Waals surface area contributed by atoms with Gasteiger partial charge in [0.1, 0.15) is 0 Å². The van der Waals surface area contributed by atoms with Gasteiger partial charge in [-0.25, -0.2) is 0 Å². The van der Waals surface area contributed by atoms with Crippen molar-refractivity contribution < 1.29 is 14.2 Å². The summed E-state index contributed by atoms with van der Waals surface area (Å²) in [6.45, 7) is 4.45. The van der Waals surface area contributed by atoms with Crippen molar-refractivity contribution in [2.24, 2.45) is 5.92 Å². The standard InChI is InChI=1S/C22H39NO3/c1-6-8-9-10-14-18-21(23-19-16-12-11-13-17-19)20(15-7-2)22(24-3,25-4)26-5/h11-13,16-17,20-21,23H,6-10,14-15,18H2,1-5H3. The lowest BCUT2D eigenvalue weighted by atomic mass is 9.87. The summed E-state index contributed by atoms with van der Waals surface area (Å²) in [6, 6.07) is 10.6. The lowest BCUT2D eigenvalue weighted by Gasteiger charge is -2.41. The first kappa shape index (κ1) is 22.9. The largest absolute Gasteiger partial charge is 0.382 e. The molecule has 0 heterocycles. The Bertz CT molecular complexity index is 440. The van der Waals surface area contributed by atoms with Gasteiger partial charge in [0, 0.05) is 33.1 Å². The number of hydrogen-bond acceptors (Lipinski definition) is 4. The molecule has 4 nitrogen and oxygen atoms in total. The Morgan fingerprint density at radius 2 is 1.42 bits per heavy atom. The van der Waals surface area contributed by atoms with Gasteiger partial charge in [-0.1, -0.05) is 70.6 Å². The van der Waals surface area contributed by atoms with E-state index in [1.54, 1.807) is 21.3 Å². The van der Waals surface area contributed by atoms with E-state index < -0.39 is 5.97 Å². The van der Waals surface area contributed by atoms with Crippen LogP contribution >= 0.6 is 0 Å². The lowest BCUT2D eigenvalue weighted by Crippen LogP contribution is -2.51. The van der Waals surface area contributed by atoms with E-state index in [1.807, 2.05) is 6.07 Å². The highest BCUT2D eigenvalue weighted by molar-refractivity contribution is 5.43. The van der Waals surface area contributed by atoms with Crippen LogP contribution < -0.4 is 5.32 Å². The van der Waals surface area contributed by atoms with Crippen LogP contribution in [0.2, 0.25) is 0 Å². The van der Waals surface area contributed by atoms with E-state index in [1.165, 1.54) is 32.1 Å². The second-order valence-corrected chi connectivity index (χ2v) is 6.93. The Morgan fingerprint density at radius 3 is 1.96 bits per heavy atom. The molecule has 150 valence electrons. The van der Waals surface area contributed by atoms with Crippen LogP contribution in [0.1, 0.15) is 65.2 Å². The summed E-state index contributed by atoms with van der Waals surface area (Å²) in [5.74, 6) is -0.926. The summed E-state index contributed by atoms with van der Waals surface area (Å²) in [6.07, 6.45) is 9.42. The first-order valence-electron chi connectivity index (χ1n) is 10.1. The number of nitrogens with one attached hydrogen (secondary N) is 1. The number of methoxy groups -OCH3 is 3. The first-order valence-corrected chi connectivity index (χ1v) is 10.1. The Hall–Kier alpha value is -1.10. The van der Waals surface area contributed by atoms with E-state index in [2.05, 4.69) is 43.4 Å². The summed E-state index contributed by atoms with van der Waals surface area (Å²) in [7, 11) is 4.99. The molecule has 0 saturated heterocycles. The van der Waals surface area contributed by atoms with Crippen molar-refractivity contribution in [1.82, 2.24) is 0 Å². The summed E-state index contributed by atoms with van der Waals surface area (Å²) in [5.41, 5.74) is 1.13. The first-order chi connectivity index (χ1) is 12.7. The average Bonchev–Trinajstić information content (AvgIpc) is 2.68. The van der Waals surface area contributed by atoms with Crippen molar-refractivity contribution in [1.29, 1.82) is 0 Å². The molecule has 1 N–H and O–H groups in total. The minimum absolute atomic E-state index is 0.0962. The molecule has 1 aromatic carbocycles. The van der Waals surface area contributed by atoms with Gasteiger partial charge in [-0.3, -0.25) is 0 Å². The third-order valence-electron chi connectivity index (χ3n) is 5.14. The Labute approximate surface area is 160 Å². The zero-order valence-electron chi connectivity index (χ0n) is 17.4. The second kappa shape index (κ2) is 13.1. The van der Waals surface area contributed by atoms with E-state index in [0.29, 0.717) is 0 Å². The third-order valence-corrected chi connectivity index (χ3v) is 5.14. The molecule has 0 aromatic heterocycles. The lowest BCUT2D eigenvalue weighted by molar-refractivity contribution is -0.381. The number of unbranched alkanes of at least 4 members (excludes halogenated alkanes) is 4. The molecule has 0 bridgehead atoms. The molecule has 2 atom stereocenters. The molecular weight excluding hydrogens is 326 g/mol. The molecule has 1 rings (SSSR count). The maximum absolute atomic E-state index is 5.73. The molecule has 0 aliphatic rings. The van der Waals surface area contributed by atoms with Gasteiger partial charge in [-0.05, 0) is 25.0 Å². The van der Waals surface area contributed by atoms with Gasteiger partial charge in [0.15, 0.2) is 0 Å². The molecule has 0 spiro atoms. The maximum Gasteiger partial charge on any atom is 0.287 e. The monoisotopic (exact) mass is 365 g/mol. The van der Waals surface area contributed by atoms with Crippen molar-refractivity contribution in [2.45, 2.75) is 77.2 Å². The number of ether oxygens (including phenoxy) is 3. The van der Waals surface area contributed by atoms with Gasteiger partial charge < -0.3 is 19.5 Å². The predicted molar refractivity (Wildman–Crippen MR) is 109 cm³/mol. The molecule has 0 aliphatic carbocycles. The van der Waals surface area contributed by atoms with E-state index in [-0.39, 0.29) is 12.0 Å². The Balaban J connectivity index is 2.95. The summed E-state index contributed by atoms with van der Waals surface area (Å²) in [5, 5.41) is 3.72. The fraction of sp³-hybridized carbons (Fsp3) is 0.727. The minimum Gasteiger partial charge on any atom is -0.382 e. The van der Waals surface area contributed by atoms with Crippen molar-refractivity contribution in [3.8, 4) is 0 Å². The molecule has 0 saturated carbocycles. The molecule has 0 aliphatic heterocycles. The number of hydrogen-bond donors (Lipinski definition) is 1. The van der Waals surface area contributed by atoms with Crippen LogP contribution in [0.5, 0.6) is 0 Å². The van der Waals surface area contributed by atoms with Crippen LogP contribution in [-0.4, -0.2) is 33.3 Å². The van der Waals surface area contributed by atoms with E-state index in [9.17, 15) is 0 Å². The molecule has 1 aromatic rings. The van der Waals surface area contributed by atoms with Gasteiger partial charge in [-0.2, -0.15) is 0 Å². The molecule has 2 unspecified atom stereocenters. The number of para-hydroxylation sites is 1. The SMILES string of the molecule is CCCCCCCC(Nc1ccccc1)C(CCC)C(OC)(OC)OC. The topological polar surface area (TPSA) is 39.7 Å². The second-order valence-electron chi connectivity index (χ2n) is 6.93. The highest BCUT2D eigenvalue weighted by atomic mass is 16.9. The molecule has 4 heteroatoms. The van der Waals surface area contributed by atoms with Crippen LogP contribution in [0, 0.1) is 5.92 Å². The highest BCUT2D eigenvalue weighted by Crippen LogP contribution is 2.34. The van der Waals surface area contributed by atoms with E-state index >= 15 is 0 Å². The molecular formula is C22H39NO3. The Morgan fingerprint density at radius 1 is 0.808 bits per heavy atom. The third kappa shape index (κ3) is 6.90. The van der Waals surface area contributed by atoms with Crippen LogP contribution in [0.25, 0.3) is 0 Å². The number of rotatable bonds is 15. The predicted octanol–water partition coefficient (Wildman–Crippen LogP) is 5.84. The van der Waals surface area contributed by atoms with Gasteiger partial charge in [-0.15, -0.1) is 0 Å². The minimum atomic E-state index is -1.02. The van der Waals surface area contributed by atoms with Gasteiger partial charge in [0.05, 0.1) is 5.92 Å². The zero-order valence-corrected chi connectivity index (χ0v) is 17.4. The van der Waals surface area contributed by atoms with Crippen molar-refractivity contribution in [3.05, 3.63) is 30.3 Å². The van der Waals surface area contributed by atoms with Gasteiger partial charge in [0.25, 0.3) is 5.97 Å². The number of anilines is 1. The fourth-order valence-electron chi connectivity index (χ4n) is 3.73. The number of benzene rings is 1. The van der Waals surface area contributed by atoms with E-state index in [4.69, 9.17) is 14.2 Å². The van der Waals surface area contributed by atoms with Gasteiger partial charge >= 0.3 is 0 Å². The zero-order chi connectivity index (χ0) is 19.3. The fourth-order valence-corrected chi connectivity index (χ4v) is 3.73. The molecule has 0 amide bonds. The highest BCUT2D eigenvalue weighted by Gasteiger charge is 2.44. The van der Waals surface area contributed by atoms with Crippen molar-refractivity contribution in [3.63, 3.8) is 0 Å². The summed E-state index contributed by atoms with van der Waals surface area (Å²) in [4.78, 5) is 0. The average molecular weight is 366 g/mol. The smallest absolute Gasteiger partial charge is 0.287 e. The quantitative estimate of drug-likeness (QED) is 0.313. The molecule has 26 heavy (non-hydrogen) atoms. The summed E-state index contributed by atoms with van der Waals surface area (Å²) >= 11 is 0. The van der Waals surface area contributed by atoms with Crippen LogP contribution in [-0.2, 0) is 14.2 Å². The molecule has 0 fully saturated rings. The van der Waals surface area contributed by atoms with E-state index in [0.717, 1.165) is 24.9 Å². The van der Waals surface area contributed by atoms with Gasteiger partial charge in [0.2, 0.25) is 0 Å². The Kier molecular flexibility index (Phi) is 11.6. The van der Waals surface area contributed by atoms with Crippen molar-refractivity contribution in [2.75, 3.05) is 26.6 Å². The van der Waals surface area contributed by atoms with Crippen LogP contribution in [0.3, 0.4) is 0 Å². The maximum atomic E-state index is 5.73. The van der Waals surface area contributed by atoms with Crippen LogP contribution in [0.15, 0.2) is 30.3 Å². The normalized spacial score (nSPS) is 14.2. The van der Waals surface area contributed by atoms with Crippen LogP contribution in [0.4, 0.5) is 5.69 Å².